The normalized spacial score (nSPS) is 15.5. The number of carbonyl (C=O) groups excluding carboxylic acids is 2. The van der Waals surface area contributed by atoms with Gasteiger partial charge in [0, 0.05) is 11.4 Å². The SMILES string of the molecule is CCOC(=O)C1=C(C)NC(C)=C(C(=O)OCc2ccccc2)C1c1ccc(OC(C)C)c(OC(C)C)c1. The minimum atomic E-state index is -0.716. The van der Waals surface area contributed by atoms with E-state index >= 15 is 0 Å². The third kappa shape index (κ3) is 6.94. The van der Waals surface area contributed by atoms with Crippen LogP contribution >= 0.6 is 0 Å². The maximum Gasteiger partial charge on any atom is 0.337 e. The number of hydrogen-bond donors (Lipinski definition) is 1. The molecule has 0 spiro atoms. The predicted octanol–water partition coefficient (Wildman–Crippen LogP) is 5.80. The van der Waals surface area contributed by atoms with Crippen LogP contribution in [0.15, 0.2) is 71.1 Å². The van der Waals surface area contributed by atoms with E-state index in [2.05, 4.69) is 5.32 Å². The van der Waals surface area contributed by atoms with Gasteiger partial charge in [0.15, 0.2) is 11.5 Å². The lowest BCUT2D eigenvalue weighted by molar-refractivity contribution is -0.140. The van der Waals surface area contributed by atoms with Crippen molar-refractivity contribution in [1.29, 1.82) is 0 Å². The van der Waals surface area contributed by atoms with Crippen LogP contribution in [0.1, 0.15) is 65.5 Å². The number of benzene rings is 2. The molecule has 1 N–H and O–H groups in total. The van der Waals surface area contributed by atoms with E-state index in [9.17, 15) is 9.59 Å². The molecule has 7 nitrogen and oxygen atoms in total. The van der Waals surface area contributed by atoms with Gasteiger partial charge in [0.2, 0.25) is 0 Å². The van der Waals surface area contributed by atoms with Gasteiger partial charge in [0.1, 0.15) is 6.61 Å². The van der Waals surface area contributed by atoms with Crippen LogP contribution in [0.25, 0.3) is 0 Å². The van der Waals surface area contributed by atoms with Crippen LogP contribution in [0.3, 0.4) is 0 Å². The first-order valence-electron chi connectivity index (χ1n) is 12.7. The number of nitrogens with one attached hydrogen (secondary N) is 1. The zero-order valence-electron chi connectivity index (χ0n) is 22.7. The van der Waals surface area contributed by atoms with Crippen molar-refractivity contribution >= 4 is 11.9 Å². The van der Waals surface area contributed by atoms with E-state index in [1.807, 2.05) is 76.2 Å². The summed E-state index contributed by atoms with van der Waals surface area (Å²) in [6, 6.07) is 15.0. The van der Waals surface area contributed by atoms with Crippen LogP contribution in [-0.2, 0) is 25.7 Å². The smallest absolute Gasteiger partial charge is 0.337 e. The second-order valence-electron chi connectivity index (χ2n) is 9.46. The van der Waals surface area contributed by atoms with Gasteiger partial charge in [-0.2, -0.15) is 0 Å². The van der Waals surface area contributed by atoms with E-state index in [0.29, 0.717) is 39.6 Å². The van der Waals surface area contributed by atoms with E-state index in [-0.39, 0.29) is 25.4 Å². The summed E-state index contributed by atoms with van der Waals surface area (Å²) in [7, 11) is 0. The summed E-state index contributed by atoms with van der Waals surface area (Å²) in [5, 5.41) is 3.18. The fourth-order valence-electron chi connectivity index (χ4n) is 4.28. The molecular weight excluding hydrogens is 470 g/mol. The van der Waals surface area contributed by atoms with Gasteiger partial charge in [0.05, 0.1) is 35.9 Å². The van der Waals surface area contributed by atoms with Crippen molar-refractivity contribution in [3.63, 3.8) is 0 Å². The molecule has 1 aliphatic rings. The summed E-state index contributed by atoms with van der Waals surface area (Å²) in [6.07, 6.45) is -0.158. The van der Waals surface area contributed by atoms with Crippen molar-refractivity contribution in [2.75, 3.05) is 6.61 Å². The Balaban J connectivity index is 2.10. The fraction of sp³-hybridized carbons (Fsp3) is 0.400. The summed E-state index contributed by atoms with van der Waals surface area (Å²) in [4.78, 5) is 26.7. The molecule has 0 aromatic heterocycles. The molecule has 0 amide bonds. The lowest BCUT2D eigenvalue weighted by Crippen LogP contribution is -2.32. The number of esters is 2. The van der Waals surface area contributed by atoms with Crippen LogP contribution in [0.2, 0.25) is 0 Å². The highest BCUT2D eigenvalue weighted by atomic mass is 16.5. The Bertz CT molecular complexity index is 1180. The van der Waals surface area contributed by atoms with Crippen molar-refractivity contribution in [2.45, 2.75) is 73.2 Å². The Kier molecular flexibility index (Phi) is 9.39. The maximum atomic E-state index is 13.5. The van der Waals surface area contributed by atoms with E-state index in [0.717, 1.165) is 5.56 Å². The molecule has 1 aliphatic heterocycles. The van der Waals surface area contributed by atoms with E-state index in [1.165, 1.54) is 0 Å². The third-order valence-corrected chi connectivity index (χ3v) is 5.71. The first-order valence-corrected chi connectivity index (χ1v) is 12.7. The highest BCUT2D eigenvalue weighted by Crippen LogP contribution is 2.42. The molecule has 1 heterocycles. The lowest BCUT2D eigenvalue weighted by atomic mass is 9.80. The molecular formula is C30H37NO6. The molecule has 0 saturated heterocycles. The molecule has 7 heteroatoms. The summed E-state index contributed by atoms with van der Waals surface area (Å²) in [6.45, 7) is 13.4. The Hall–Kier alpha value is -3.74. The highest BCUT2D eigenvalue weighted by molar-refractivity contribution is 6.00. The lowest BCUT2D eigenvalue weighted by Gasteiger charge is -2.31. The number of rotatable bonds is 10. The van der Waals surface area contributed by atoms with Crippen molar-refractivity contribution in [2.24, 2.45) is 0 Å². The van der Waals surface area contributed by atoms with Crippen molar-refractivity contribution in [3.8, 4) is 11.5 Å². The number of dihydropyridines is 1. The standard InChI is InChI=1S/C30H37NO6/c1-8-34-29(32)26-20(6)31-21(7)27(30(33)35-17-22-12-10-9-11-13-22)28(26)23-14-15-24(36-18(2)3)25(16-23)37-19(4)5/h9-16,18-19,28,31H,8,17H2,1-7H3. The molecule has 2 aromatic rings. The molecule has 198 valence electrons. The zero-order valence-corrected chi connectivity index (χ0v) is 22.7. The van der Waals surface area contributed by atoms with Gasteiger partial charge in [-0.05, 0) is 71.7 Å². The monoisotopic (exact) mass is 507 g/mol. The molecule has 37 heavy (non-hydrogen) atoms. The molecule has 0 radical (unpaired) electrons. The van der Waals surface area contributed by atoms with Gasteiger partial charge in [-0.25, -0.2) is 9.59 Å². The van der Waals surface area contributed by atoms with Crippen LogP contribution in [-0.4, -0.2) is 30.8 Å². The van der Waals surface area contributed by atoms with Crippen LogP contribution < -0.4 is 14.8 Å². The minimum Gasteiger partial charge on any atom is -0.487 e. The van der Waals surface area contributed by atoms with Crippen LogP contribution in [0.4, 0.5) is 0 Å². The number of ether oxygens (including phenoxy) is 4. The minimum absolute atomic E-state index is 0.0536. The summed E-state index contributed by atoms with van der Waals surface area (Å²) < 4.78 is 23.1. The molecule has 0 saturated carbocycles. The Labute approximate surface area is 219 Å². The maximum absolute atomic E-state index is 13.5. The topological polar surface area (TPSA) is 83.1 Å². The van der Waals surface area contributed by atoms with E-state index in [1.54, 1.807) is 20.8 Å². The van der Waals surface area contributed by atoms with Crippen molar-refractivity contribution < 1.29 is 28.5 Å². The van der Waals surface area contributed by atoms with Crippen LogP contribution in [0, 0.1) is 0 Å². The van der Waals surface area contributed by atoms with Gasteiger partial charge in [-0.3, -0.25) is 0 Å². The molecule has 0 aliphatic carbocycles. The molecule has 0 fully saturated rings. The third-order valence-electron chi connectivity index (χ3n) is 5.71. The molecule has 2 aromatic carbocycles. The average molecular weight is 508 g/mol. The van der Waals surface area contributed by atoms with Crippen molar-refractivity contribution in [3.05, 3.63) is 82.2 Å². The van der Waals surface area contributed by atoms with Gasteiger partial charge in [-0.1, -0.05) is 36.4 Å². The summed E-state index contributed by atoms with van der Waals surface area (Å²) in [5.74, 6) is -0.593. The second-order valence-corrected chi connectivity index (χ2v) is 9.46. The summed E-state index contributed by atoms with van der Waals surface area (Å²) in [5.41, 5.74) is 3.50. The average Bonchev–Trinajstić information content (AvgIpc) is 2.83. The van der Waals surface area contributed by atoms with E-state index < -0.39 is 17.9 Å². The molecule has 1 unspecified atom stereocenters. The van der Waals surface area contributed by atoms with Gasteiger partial charge >= 0.3 is 11.9 Å². The fourth-order valence-corrected chi connectivity index (χ4v) is 4.28. The molecule has 0 bridgehead atoms. The zero-order chi connectivity index (χ0) is 27.1. The van der Waals surface area contributed by atoms with Crippen LogP contribution in [0.5, 0.6) is 11.5 Å². The summed E-state index contributed by atoms with van der Waals surface area (Å²) >= 11 is 0. The Morgan fingerprint density at radius 1 is 0.811 bits per heavy atom. The second kappa shape index (κ2) is 12.5. The Morgan fingerprint density at radius 2 is 1.38 bits per heavy atom. The van der Waals surface area contributed by atoms with Crippen molar-refractivity contribution in [1.82, 2.24) is 5.32 Å². The Morgan fingerprint density at radius 3 is 1.95 bits per heavy atom. The molecule has 3 rings (SSSR count). The largest absolute Gasteiger partial charge is 0.487 e. The first-order chi connectivity index (χ1) is 17.6. The van der Waals surface area contributed by atoms with Gasteiger partial charge in [0.25, 0.3) is 0 Å². The quantitative estimate of drug-likeness (QED) is 0.407. The first kappa shape index (κ1) is 27.8. The number of hydrogen-bond acceptors (Lipinski definition) is 7. The highest BCUT2D eigenvalue weighted by Gasteiger charge is 2.38. The predicted molar refractivity (Wildman–Crippen MR) is 142 cm³/mol. The van der Waals surface area contributed by atoms with E-state index in [4.69, 9.17) is 18.9 Å². The molecule has 1 atom stereocenters. The number of allylic oxidation sites excluding steroid dienone is 2. The van der Waals surface area contributed by atoms with Gasteiger partial charge in [-0.15, -0.1) is 0 Å². The number of carbonyl (C=O) groups is 2. The van der Waals surface area contributed by atoms with Gasteiger partial charge < -0.3 is 24.3 Å².